The highest BCUT2D eigenvalue weighted by Crippen LogP contribution is 2.44. The molecule has 3 rings (SSSR count). The minimum absolute atomic E-state index is 0.0741. The number of aliphatic carboxylic acids is 1. The Bertz CT molecular complexity index is 782. The summed E-state index contributed by atoms with van der Waals surface area (Å²) in [6.07, 6.45) is 0.441. The van der Waals surface area contributed by atoms with E-state index < -0.39 is 11.8 Å². The molecule has 2 N–H and O–H groups in total. The summed E-state index contributed by atoms with van der Waals surface area (Å²) < 4.78 is 0. The van der Waals surface area contributed by atoms with Crippen LogP contribution in [0, 0.1) is 0 Å². The van der Waals surface area contributed by atoms with Crippen LogP contribution in [0.25, 0.3) is 0 Å². The van der Waals surface area contributed by atoms with Gasteiger partial charge in [0, 0.05) is 17.5 Å². The molecule has 1 aliphatic rings. The van der Waals surface area contributed by atoms with Crippen LogP contribution in [0.2, 0.25) is 0 Å². The first-order chi connectivity index (χ1) is 11.5. The maximum Gasteiger partial charge on any atom is 0.307 e. The lowest BCUT2D eigenvalue weighted by molar-refractivity contribution is -0.136. The van der Waals surface area contributed by atoms with Gasteiger partial charge in [0.05, 0.1) is 17.8 Å². The van der Waals surface area contributed by atoms with Crippen molar-refractivity contribution in [3.63, 3.8) is 0 Å². The van der Waals surface area contributed by atoms with Crippen molar-refractivity contribution in [3.8, 4) is 5.75 Å². The van der Waals surface area contributed by atoms with Gasteiger partial charge in [-0.15, -0.1) is 0 Å². The zero-order chi connectivity index (χ0) is 17.2. The van der Waals surface area contributed by atoms with Crippen molar-refractivity contribution < 1.29 is 24.8 Å². The second-order valence-corrected chi connectivity index (χ2v) is 5.40. The summed E-state index contributed by atoms with van der Waals surface area (Å²) in [6, 6.07) is 11.8. The number of rotatable bonds is 6. The van der Waals surface area contributed by atoms with Gasteiger partial charge in [0.2, 0.25) is 0 Å². The first-order valence-corrected chi connectivity index (χ1v) is 7.45. The summed E-state index contributed by atoms with van der Waals surface area (Å²) >= 11 is 0. The van der Waals surface area contributed by atoms with Gasteiger partial charge >= 0.3 is 5.97 Å². The maximum atomic E-state index is 10.8. The smallest absolute Gasteiger partial charge is 0.307 e. The molecular weight excluding hydrogens is 312 g/mol. The normalized spacial score (nSPS) is 15.5. The number of nitrogens with zero attached hydrogens (tertiary/aromatic N) is 2. The lowest BCUT2D eigenvalue weighted by atomic mass is 10.0. The molecule has 1 fully saturated rings. The highest BCUT2D eigenvalue weighted by molar-refractivity contribution is 5.72. The Kier molecular flexibility index (Phi) is 4.28. The third-order valence-corrected chi connectivity index (χ3v) is 3.74. The van der Waals surface area contributed by atoms with Crippen molar-refractivity contribution >= 4 is 17.3 Å². The molecular formula is C17H16N2O5. The lowest BCUT2D eigenvalue weighted by Gasteiger charge is -2.04. The van der Waals surface area contributed by atoms with Gasteiger partial charge in [-0.05, 0) is 30.3 Å². The fraction of sp³-hybridized carbons (Fsp3) is 0.235. The molecule has 7 heteroatoms. The van der Waals surface area contributed by atoms with Crippen LogP contribution in [0.4, 0.5) is 11.4 Å². The van der Waals surface area contributed by atoms with Gasteiger partial charge < -0.3 is 10.2 Å². The standard InChI is InChI=1S/C17H16N2O5/c1-2-17(23-24-17)12-3-5-13(6-4-12)18-19-14-7-8-15(20)11(9-14)10-16(21)22/h3-9,20H,2,10H2,1H3,(H,21,22). The van der Waals surface area contributed by atoms with E-state index in [1.165, 1.54) is 12.1 Å². The second-order valence-electron chi connectivity index (χ2n) is 5.40. The molecule has 0 radical (unpaired) electrons. The Morgan fingerprint density at radius 1 is 1.08 bits per heavy atom. The number of carboxylic acid groups (broad SMARTS) is 1. The quantitative estimate of drug-likeness (QED) is 0.474. The van der Waals surface area contributed by atoms with E-state index >= 15 is 0 Å². The predicted molar refractivity (Wildman–Crippen MR) is 84.2 cm³/mol. The van der Waals surface area contributed by atoms with E-state index in [0.717, 1.165) is 5.56 Å². The average molecular weight is 328 g/mol. The molecule has 0 bridgehead atoms. The molecule has 0 aliphatic carbocycles. The number of carboxylic acids is 1. The van der Waals surface area contributed by atoms with Crippen molar-refractivity contribution in [2.75, 3.05) is 0 Å². The fourth-order valence-electron chi connectivity index (χ4n) is 2.30. The Labute approximate surface area is 138 Å². The number of benzene rings is 2. The van der Waals surface area contributed by atoms with Gasteiger partial charge in [0.15, 0.2) is 0 Å². The minimum atomic E-state index is -1.02. The molecule has 1 heterocycles. The van der Waals surface area contributed by atoms with Crippen LogP contribution in [0.15, 0.2) is 52.7 Å². The molecule has 7 nitrogen and oxygen atoms in total. The molecule has 2 aromatic carbocycles. The highest BCUT2D eigenvalue weighted by Gasteiger charge is 2.48. The van der Waals surface area contributed by atoms with Gasteiger partial charge in [0.25, 0.3) is 5.79 Å². The third kappa shape index (κ3) is 3.42. The average Bonchev–Trinajstić information content (AvgIpc) is 3.37. The molecule has 1 saturated heterocycles. The van der Waals surface area contributed by atoms with Gasteiger partial charge in [-0.3, -0.25) is 4.79 Å². The summed E-state index contributed by atoms with van der Waals surface area (Å²) in [6.45, 7) is 1.97. The minimum Gasteiger partial charge on any atom is -0.508 e. The SMILES string of the molecule is CCC1(c2ccc(N=Nc3ccc(O)c(CC(=O)O)c3)cc2)OO1. The molecule has 0 atom stereocenters. The van der Waals surface area contributed by atoms with Gasteiger partial charge in [0.1, 0.15) is 5.75 Å². The van der Waals surface area contributed by atoms with Crippen LogP contribution < -0.4 is 0 Å². The number of hydrogen-bond donors (Lipinski definition) is 2. The number of carbonyl (C=O) groups is 1. The largest absolute Gasteiger partial charge is 0.508 e. The zero-order valence-electron chi connectivity index (χ0n) is 13.0. The summed E-state index contributed by atoms with van der Waals surface area (Å²) in [5, 5.41) is 26.6. The molecule has 0 saturated carbocycles. The van der Waals surface area contributed by atoms with Crippen molar-refractivity contribution in [1.82, 2.24) is 0 Å². The number of phenols is 1. The molecule has 2 aromatic rings. The van der Waals surface area contributed by atoms with Gasteiger partial charge in [-0.1, -0.05) is 19.1 Å². The van der Waals surface area contributed by atoms with Crippen LogP contribution in [0.3, 0.4) is 0 Å². The van der Waals surface area contributed by atoms with E-state index in [9.17, 15) is 9.90 Å². The van der Waals surface area contributed by atoms with E-state index in [4.69, 9.17) is 14.9 Å². The van der Waals surface area contributed by atoms with Gasteiger partial charge in [-0.25, -0.2) is 0 Å². The Hall–Kier alpha value is -2.77. The molecule has 0 spiro atoms. The van der Waals surface area contributed by atoms with E-state index in [2.05, 4.69) is 10.2 Å². The summed E-state index contributed by atoms with van der Waals surface area (Å²) in [4.78, 5) is 20.8. The number of aromatic hydroxyl groups is 1. The predicted octanol–water partition coefficient (Wildman–Crippen LogP) is 3.96. The first-order valence-electron chi connectivity index (χ1n) is 7.45. The van der Waals surface area contributed by atoms with Crippen LogP contribution >= 0.6 is 0 Å². The van der Waals surface area contributed by atoms with Crippen molar-refractivity contribution in [2.24, 2.45) is 10.2 Å². The van der Waals surface area contributed by atoms with E-state index in [-0.39, 0.29) is 12.2 Å². The van der Waals surface area contributed by atoms with Crippen molar-refractivity contribution in [2.45, 2.75) is 25.6 Å². The number of hydrogen-bond acceptors (Lipinski definition) is 6. The van der Waals surface area contributed by atoms with Crippen LogP contribution in [-0.2, 0) is 26.8 Å². The fourth-order valence-corrected chi connectivity index (χ4v) is 2.30. The number of phenolic OH excluding ortho intramolecular Hbond substituents is 1. The summed E-state index contributed by atoms with van der Waals surface area (Å²) in [5.74, 6) is -1.72. The summed E-state index contributed by atoms with van der Waals surface area (Å²) in [5.41, 5.74) is 2.31. The zero-order valence-corrected chi connectivity index (χ0v) is 13.0. The monoisotopic (exact) mass is 328 g/mol. The van der Waals surface area contributed by atoms with Crippen molar-refractivity contribution in [1.29, 1.82) is 0 Å². The Morgan fingerprint density at radius 3 is 2.29 bits per heavy atom. The highest BCUT2D eigenvalue weighted by atomic mass is 17.4. The summed E-state index contributed by atoms with van der Waals surface area (Å²) in [7, 11) is 0. The molecule has 0 unspecified atom stereocenters. The van der Waals surface area contributed by atoms with E-state index in [0.29, 0.717) is 23.4 Å². The lowest BCUT2D eigenvalue weighted by Crippen LogP contribution is -2.04. The number of azo groups is 1. The van der Waals surface area contributed by atoms with Crippen LogP contribution in [0.5, 0.6) is 5.75 Å². The van der Waals surface area contributed by atoms with Crippen LogP contribution in [0.1, 0.15) is 24.5 Å². The maximum absolute atomic E-state index is 10.8. The molecule has 124 valence electrons. The van der Waals surface area contributed by atoms with E-state index in [1.807, 2.05) is 19.1 Å². The molecule has 1 aliphatic heterocycles. The molecule has 24 heavy (non-hydrogen) atoms. The third-order valence-electron chi connectivity index (χ3n) is 3.74. The van der Waals surface area contributed by atoms with E-state index in [1.54, 1.807) is 18.2 Å². The van der Waals surface area contributed by atoms with Gasteiger partial charge in [-0.2, -0.15) is 20.0 Å². The first kappa shape index (κ1) is 16.1. The van der Waals surface area contributed by atoms with Crippen LogP contribution in [-0.4, -0.2) is 16.2 Å². The molecule has 0 aromatic heterocycles. The molecule has 0 amide bonds. The Morgan fingerprint density at radius 2 is 1.71 bits per heavy atom. The van der Waals surface area contributed by atoms with Crippen molar-refractivity contribution in [3.05, 3.63) is 53.6 Å². The topological polar surface area (TPSA) is 107 Å². The second kappa shape index (κ2) is 6.38. The Balaban J connectivity index is 1.75.